The van der Waals surface area contributed by atoms with Crippen molar-refractivity contribution in [3.63, 3.8) is 0 Å². The molecule has 0 aliphatic heterocycles. The summed E-state index contributed by atoms with van der Waals surface area (Å²) in [5, 5.41) is 2.60. The Labute approximate surface area is 81.1 Å². The zero-order chi connectivity index (χ0) is 10.6. The molecule has 3 N–H and O–H groups in total. The Morgan fingerprint density at radius 3 is 2.86 bits per heavy atom. The highest BCUT2D eigenvalue weighted by Crippen LogP contribution is 1.91. The molecule has 1 heterocycles. The molecular formula is C8H12N4O2. The number of aromatic nitrogens is 2. The molecule has 14 heavy (non-hydrogen) atoms. The topological polar surface area (TPSA) is 90.0 Å². The van der Waals surface area contributed by atoms with Crippen molar-refractivity contribution in [1.82, 2.24) is 14.9 Å². The lowest BCUT2D eigenvalue weighted by atomic mass is 10.2. The average Bonchev–Trinajstić information content (AvgIpc) is 2.53. The first-order chi connectivity index (χ1) is 6.59. The first-order valence-corrected chi connectivity index (χ1v) is 4.16. The number of primary amides is 1. The minimum atomic E-state index is -0.441. The molecule has 0 saturated carbocycles. The van der Waals surface area contributed by atoms with Gasteiger partial charge < -0.3 is 11.1 Å². The van der Waals surface area contributed by atoms with Gasteiger partial charge in [0.15, 0.2) is 0 Å². The largest absolute Gasteiger partial charge is 0.370 e. The van der Waals surface area contributed by atoms with E-state index in [2.05, 4.69) is 10.3 Å². The van der Waals surface area contributed by atoms with Gasteiger partial charge in [-0.2, -0.15) is 0 Å². The Hall–Kier alpha value is -1.85. The van der Waals surface area contributed by atoms with E-state index in [1.54, 1.807) is 6.92 Å². The molecule has 1 aromatic rings. The highest BCUT2D eigenvalue weighted by Gasteiger charge is 2.10. The molecular weight excluding hydrogens is 184 g/mol. The first-order valence-electron chi connectivity index (χ1n) is 4.16. The Balaban J connectivity index is 2.45. The fourth-order valence-electron chi connectivity index (χ4n) is 1.02. The number of rotatable bonds is 3. The van der Waals surface area contributed by atoms with Crippen molar-refractivity contribution in [1.29, 1.82) is 0 Å². The van der Waals surface area contributed by atoms with Gasteiger partial charge in [0, 0.05) is 24.9 Å². The molecule has 0 saturated heterocycles. The molecule has 6 heteroatoms. The van der Waals surface area contributed by atoms with Crippen LogP contribution in [0.1, 0.15) is 13.3 Å². The summed E-state index contributed by atoms with van der Waals surface area (Å²) in [6, 6.07) is -0.598. The number of hydrogen-bond acceptors (Lipinski definition) is 3. The number of nitrogens with zero attached hydrogens (tertiary/aromatic N) is 2. The summed E-state index contributed by atoms with van der Waals surface area (Å²) in [7, 11) is 0. The summed E-state index contributed by atoms with van der Waals surface area (Å²) in [4.78, 5) is 25.6. The van der Waals surface area contributed by atoms with Crippen molar-refractivity contribution in [2.75, 3.05) is 0 Å². The highest BCUT2D eigenvalue weighted by molar-refractivity contribution is 5.78. The third kappa shape index (κ3) is 2.89. The molecule has 0 aliphatic carbocycles. The van der Waals surface area contributed by atoms with Gasteiger partial charge >= 0.3 is 6.03 Å². The van der Waals surface area contributed by atoms with Crippen molar-refractivity contribution in [2.24, 2.45) is 5.73 Å². The predicted octanol–water partition coefficient (Wildman–Crippen LogP) is -0.295. The van der Waals surface area contributed by atoms with Crippen LogP contribution in [0.15, 0.2) is 18.7 Å². The zero-order valence-corrected chi connectivity index (χ0v) is 7.80. The van der Waals surface area contributed by atoms with Crippen LogP contribution in [0.2, 0.25) is 0 Å². The standard InChI is InChI=1S/C8H12N4O2/c1-6(4-7(9)13)11-8(14)12-3-2-10-5-12/h2-3,5-6H,4H2,1H3,(H2,9,13)(H,11,14). The van der Waals surface area contributed by atoms with Gasteiger partial charge in [-0.3, -0.25) is 9.36 Å². The van der Waals surface area contributed by atoms with Gasteiger partial charge in [0.05, 0.1) is 0 Å². The van der Waals surface area contributed by atoms with Crippen molar-refractivity contribution >= 4 is 11.9 Å². The summed E-state index contributed by atoms with van der Waals surface area (Å²) >= 11 is 0. The third-order valence-electron chi connectivity index (χ3n) is 1.62. The SMILES string of the molecule is CC(CC(N)=O)NC(=O)n1ccnc1. The number of amides is 2. The lowest BCUT2D eigenvalue weighted by molar-refractivity contribution is -0.118. The van der Waals surface area contributed by atoms with Crippen LogP contribution in [0.3, 0.4) is 0 Å². The molecule has 0 radical (unpaired) electrons. The fourth-order valence-corrected chi connectivity index (χ4v) is 1.02. The van der Waals surface area contributed by atoms with Crippen LogP contribution in [0.4, 0.5) is 4.79 Å². The molecule has 0 aromatic carbocycles. The predicted molar refractivity (Wildman–Crippen MR) is 49.4 cm³/mol. The van der Waals surface area contributed by atoms with Crippen LogP contribution in [0.5, 0.6) is 0 Å². The van der Waals surface area contributed by atoms with Crippen LogP contribution in [0, 0.1) is 0 Å². The summed E-state index contributed by atoms with van der Waals surface area (Å²) in [5.74, 6) is -0.441. The maximum Gasteiger partial charge on any atom is 0.327 e. The smallest absolute Gasteiger partial charge is 0.327 e. The Bertz CT molecular complexity index is 320. The molecule has 6 nitrogen and oxygen atoms in total. The van der Waals surface area contributed by atoms with Gasteiger partial charge in [-0.1, -0.05) is 0 Å². The molecule has 0 bridgehead atoms. The quantitative estimate of drug-likeness (QED) is 0.695. The first kappa shape index (κ1) is 10.2. The van der Waals surface area contributed by atoms with Crippen molar-refractivity contribution in [3.8, 4) is 0 Å². The Kier molecular flexibility index (Phi) is 3.22. The number of carbonyl (C=O) groups is 2. The second kappa shape index (κ2) is 4.40. The van der Waals surface area contributed by atoms with Crippen LogP contribution in [0.25, 0.3) is 0 Å². The summed E-state index contributed by atoms with van der Waals surface area (Å²) < 4.78 is 1.29. The van der Waals surface area contributed by atoms with E-state index in [0.717, 1.165) is 0 Å². The van der Waals surface area contributed by atoms with E-state index in [0.29, 0.717) is 0 Å². The molecule has 0 aliphatic rings. The monoisotopic (exact) mass is 196 g/mol. The van der Waals surface area contributed by atoms with E-state index in [1.807, 2.05) is 0 Å². The molecule has 1 rings (SSSR count). The summed E-state index contributed by atoms with van der Waals surface area (Å²) in [6.07, 6.45) is 4.53. The number of carbonyl (C=O) groups excluding carboxylic acids is 2. The van der Waals surface area contributed by atoms with Gasteiger partial charge in [0.1, 0.15) is 6.33 Å². The van der Waals surface area contributed by atoms with Gasteiger partial charge in [-0.25, -0.2) is 9.78 Å². The highest BCUT2D eigenvalue weighted by atomic mass is 16.2. The van der Waals surface area contributed by atoms with Crippen molar-refractivity contribution in [2.45, 2.75) is 19.4 Å². The Morgan fingerprint density at radius 2 is 2.36 bits per heavy atom. The minimum absolute atomic E-state index is 0.125. The Morgan fingerprint density at radius 1 is 1.64 bits per heavy atom. The molecule has 76 valence electrons. The second-order valence-corrected chi connectivity index (χ2v) is 2.99. The lowest BCUT2D eigenvalue weighted by Gasteiger charge is -2.11. The fraction of sp³-hybridized carbons (Fsp3) is 0.375. The molecule has 1 atom stereocenters. The van der Waals surface area contributed by atoms with Gasteiger partial charge in [0.2, 0.25) is 5.91 Å². The van der Waals surface area contributed by atoms with Gasteiger partial charge in [-0.15, -0.1) is 0 Å². The van der Waals surface area contributed by atoms with Crippen molar-refractivity contribution in [3.05, 3.63) is 18.7 Å². The molecule has 0 spiro atoms. The molecule has 1 aromatic heterocycles. The molecule has 1 unspecified atom stereocenters. The second-order valence-electron chi connectivity index (χ2n) is 2.99. The number of imidazole rings is 1. The van der Waals surface area contributed by atoms with E-state index < -0.39 is 5.91 Å². The minimum Gasteiger partial charge on any atom is -0.370 e. The lowest BCUT2D eigenvalue weighted by Crippen LogP contribution is -2.37. The zero-order valence-electron chi connectivity index (χ0n) is 7.80. The van der Waals surface area contributed by atoms with E-state index in [9.17, 15) is 9.59 Å². The number of nitrogens with one attached hydrogen (secondary N) is 1. The van der Waals surface area contributed by atoms with Crippen LogP contribution in [-0.4, -0.2) is 27.5 Å². The number of nitrogens with two attached hydrogens (primary N) is 1. The molecule has 2 amide bonds. The summed E-state index contributed by atoms with van der Waals surface area (Å²) in [6.45, 7) is 1.71. The molecule has 0 fully saturated rings. The van der Waals surface area contributed by atoms with E-state index in [1.165, 1.54) is 23.3 Å². The summed E-state index contributed by atoms with van der Waals surface area (Å²) in [5.41, 5.74) is 4.98. The van der Waals surface area contributed by atoms with Gasteiger partial charge in [0.25, 0.3) is 0 Å². The van der Waals surface area contributed by atoms with Crippen molar-refractivity contribution < 1.29 is 9.59 Å². The van der Waals surface area contributed by atoms with Crippen LogP contribution in [-0.2, 0) is 4.79 Å². The normalized spacial score (nSPS) is 12.1. The third-order valence-corrected chi connectivity index (χ3v) is 1.62. The van der Waals surface area contributed by atoms with E-state index >= 15 is 0 Å². The van der Waals surface area contributed by atoms with E-state index in [4.69, 9.17) is 5.73 Å². The average molecular weight is 196 g/mol. The van der Waals surface area contributed by atoms with Gasteiger partial charge in [-0.05, 0) is 6.92 Å². The van der Waals surface area contributed by atoms with Crippen LogP contribution >= 0.6 is 0 Å². The maximum atomic E-state index is 11.4. The number of hydrogen-bond donors (Lipinski definition) is 2. The maximum absolute atomic E-state index is 11.4. The van der Waals surface area contributed by atoms with E-state index in [-0.39, 0.29) is 18.5 Å². The van der Waals surface area contributed by atoms with Crippen LogP contribution < -0.4 is 11.1 Å².